The standard InChI is InChI=1S/C51H74N2/c1-3-5-7-20-24-46-38-42(26-32-48(46)40-44-28-34-50(52)35-29-44)22-18-16-14-12-10-9-11-13-15-17-19-23-43-27-33-49(41-45-30-36-51(53)37-31-45)47(39-43)25-21-8-6-4-2/h26-39H,3-25,40-41,52-53H2,1-2H3. The first kappa shape index (κ1) is 42.2. The van der Waals surface area contributed by atoms with E-state index in [0.29, 0.717) is 0 Å². The van der Waals surface area contributed by atoms with Crippen LogP contribution in [0.2, 0.25) is 0 Å². The maximum atomic E-state index is 5.93. The maximum Gasteiger partial charge on any atom is 0.0314 e. The molecule has 0 aliphatic carbocycles. The van der Waals surface area contributed by atoms with Crippen molar-refractivity contribution in [2.24, 2.45) is 0 Å². The van der Waals surface area contributed by atoms with E-state index in [1.165, 1.54) is 181 Å². The van der Waals surface area contributed by atoms with Gasteiger partial charge in [-0.15, -0.1) is 0 Å². The Morgan fingerprint density at radius 3 is 0.962 bits per heavy atom. The summed E-state index contributed by atoms with van der Waals surface area (Å²) in [7, 11) is 0. The lowest BCUT2D eigenvalue weighted by molar-refractivity contribution is 0.545. The van der Waals surface area contributed by atoms with Crippen LogP contribution in [0.15, 0.2) is 84.9 Å². The fourth-order valence-corrected chi connectivity index (χ4v) is 7.92. The van der Waals surface area contributed by atoms with E-state index in [1.54, 1.807) is 11.1 Å². The van der Waals surface area contributed by atoms with Crippen molar-refractivity contribution in [1.29, 1.82) is 0 Å². The molecule has 4 aromatic carbocycles. The topological polar surface area (TPSA) is 52.0 Å². The zero-order valence-corrected chi connectivity index (χ0v) is 33.9. The summed E-state index contributed by atoms with van der Waals surface area (Å²) in [5.41, 5.74) is 25.5. The lowest BCUT2D eigenvalue weighted by atomic mass is 9.92. The highest BCUT2D eigenvalue weighted by Gasteiger charge is 2.09. The van der Waals surface area contributed by atoms with Crippen molar-refractivity contribution < 1.29 is 0 Å². The molecule has 0 atom stereocenters. The van der Waals surface area contributed by atoms with Gasteiger partial charge < -0.3 is 11.5 Å². The number of benzene rings is 4. The predicted molar refractivity (Wildman–Crippen MR) is 234 cm³/mol. The summed E-state index contributed by atoms with van der Waals surface area (Å²) in [5, 5.41) is 0. The molecule has 53 heavy (non-hydrogen) atoms. The van der Waals surface area contributed by atoms with Crippen molar-refractivity contribution in [2.45, 2.75) is 174 Å². The molecule has 0 fully saturated rings. The lowest BCUT2D eigenvalue weighted by Crippen LogP contribution is -1.99. The normalized spacial score (nSPS) is 11.4. The molecule has 0 spiro atoms. The number of nitrogen functional groups attached to an aromatic ring is 2. The van der Waals surface area contributed by atoms with Crippen LogP contribution in [0.3, 0.4) is 0 Å². The zero-order valence-electron chi connectivity index (χ0n) is 33.9. The molecule has 0 radical (unpaired) electrons. The number of rotatable bonds is 28. The van der Waals surface area contributed by atoms with E-state index in [4.69, 9.17) is 11.5 Å². The molecule has 4 aromatic rings. The molecule has 2 heteroatoms. The molecule has 0 aromatic heterocycles. The number of hydrogen-bond acceptors (Lipinski definition) is 2. The van der Waals surface area contributed by atoms with Crippen LogP contribution in [0.25, 0.3) is 0 Å². The van der Waals surface area contributed by atoms with Crippen LogP contribution < -0.4 is 11.5 Å². The first-order chi connectivity index (χ1) is 26.0. The summed E-state index contributed by atoms with van der Waals surface area (Å²) in [6.07, 6.45) is 32.6. The van der Waals surface area contributed by atoms with Crippen molar-refractivity contribution >= 4 is 11.4 Å². The minimum atomic E-state index is 0.845. The fraction of sp³-hybridized carbons (Fsp3) is 0.529. The van der Waals surface area contributed by atoms with Crippen molar-refractivity contribution in [3.8, 4) is 0 Å². The van der Waals surface area contributed by atoms with E-state index in [9.17, 15) is 0 Å². The quantitative estimate of drug-likeness (QED) is 0.0454. The summed E-state index contributed by atoms with van der Waals surface area (Å²) < 4.78 is 0. The van der Waals surface area contributed by atoms with E-state index >= 15 is 0 Å². The smallest absolute Gasteiger partial charge is 0.0314 e. The Labute approximate surface area is 325 Å². The molecule has 0 saturated carbocycles. The number of anilines is 2. The van der Waals surface area contributed by atoms with E-state index in [2.05, 4.69) is 74.5 Å². The highest BCUT2D eigenvalue weighted by Crippen LogP contribution is 2.24. The molecule has 0 saturated heterocycles. The Bertz CT molecular complexity index is 1420. The summed E-state index contributed by atoms with van der Waals surface area (Å²) in [5.74, 6) is 0. The molecular formula is C51H74N2. The van der Waals surface area contributed by atoms with Crippen LogP contribution in [0, 0.1) is 0 Å². The van der Waals surface area contributed by atoms with Gasteiger partial charge in [-0.05, 0) is 133 Å². The maximum absolute atomic E-state index is 5.93. The van der Waals surface area contributed by atoms with E-state index in [1.807, 2.05) is 24.3 Å². The molecule has 2 nitrogen and oxygen atoms in total. The minimum Gasteiger partial charge on any atom is -0.399 e. The van der Waals surface area contributed by atoms with Crippen molar-refractivity contribution in [1.82, 2.24) is 0 Å². The van der Waals surface area contributed by atoms with Gasteiger partial charge in [0.15, 0.2) is 0 Å². The van der Waals surface area contributed by atoms with E-state index in [-0.39, 0.29) is 0 Å². The van der Waals surface area contributed by atoms with Gasteiger partial charge in [-0.1, -0.05) is 171 Å². The molecular weight excluding hydrogens is 641 g/mol. The molecule has 288 valence electrons. The summed E-state index contributed by atoms with van der Waals surface area (Å²) in [6, 6.07) is 31.5. The Morgan fingerprint density at radius 2 is 0.604 bits per heavy atom. The highest BCUT2D eigenvalue weighted by molar-refractivity contribution is 5.43. The molecule has 4 rings (SSSR count). The van der Waals surface area contributed by atoms with E-state index in [0.717, 1.165) is 24.2 Å². The van der Waals surface area contributed by atoms with Gasteiger partial charge >= 0.3 is 0 Å². The third-order valence-corrected chi connectivity index (χ3v) is 11.3. The van der Waals surface area contributed by atoms with Crippen LogP contribution in [-0.4, -0.2) is 0 Å². The van der Waals surface area contributed by atoms with Gasteiger partial charge in [-0.3, -0.25) is 0 Å². The molecule has 0 heterocycles. The second-order valence-corrected chi connectivity index (χ2v) is 16.1. The van der Waals surface area contributed by atoms with Crippen molar-refractivity contribution in [3.63, 3.8) is 0 Å². The second kappa shape index (κ2) is 25.5. The predicted octanol–water partition coefficient (Wildman–Crippen LogP) is 14.4. The lowest BCUT2D eigenvalue weighted by Gasteiger charge is -2.13. The third-order valence-electron chi connectivity index (χ3n) is 11.3. The van der Waals surface area contributed by atoms with Crippen LogP contribution in [-0.2, 0) is 38.5 Å². The largest absolute Gasteiger partial charge is 0.399 e. The van der Waals surface area contributed by atoms with Crippen LogP contribution in [0.5, 0.6) is 0 Å². The molecule has 0 bridgehead atoms. The van der Waals surface area contributed by atoms with Gasteiger partial charge in [0, 0.05) is 11.4 Å². The average Bonchev–Trinajstić information content (AvgIpc) is 3.17. The molecule has 0 amide bonds. The van der Waals surface area contributed by atoms with Crippen LogP contribution in [0.4, 0.5) is 11.4 Å². The van der Waals surface area contributed by atoms with Crippen LogP contribution >= 0.6 is 0 Å². The number of unbranched alkanes of at least 4 members (excludes halogenated alkanes) is 16. The van der Waals surface area contributed by atoms with Gasteiger partial charge in [-0.25, -0.2) is 0 Å². The molecule has 0 aliphatic heterocycles. The van der Waals surface area contributed by atoms with Crippen molar-refractivity contribution in [2.75, 3.05) is 11.5 Å². The fourth-order valence-electron chi connectivity index (χ4n) is 7.92. The SMILES string of the molecule is CCCCCCc1cc(CCCCCCCCCCCCCc2ccc(Cc3ccc(N)cc3)c(CCCCCC)c2)ccc1Cc1ccc(N)cc1. The van der Waals surface area contributed by atoms with Gasteiger partial charge in [0.2, 0.25) is 0 Å². The van der Waals surface area contributed by atoms with E-state index < -0.39 is 0 Å². The summed E-state index contributed by atoms with van der Waals surface area (Å²) >= 11 is 0. The first-order valence-electron chi connectivity index (χ1n) is 21.9. The highest BCUT2D eigenvalue weighted by atomic mass is 14.5. The Hall–Kier alpha value is -3.52. The summed E-state index contributed by atoms with van der Waals surface area (Å²) in [6.45, 7) is 4.60. The van der Waals surface area contributed by atoms with Gasteiger partial charge in [0.05, 0.1) is 0 Å². The Kier molecular flexibility index (Phi) is 20.3. The minimum absolute atomic E-state index is 0.845. The summed E-state index contributed by atoms with van der Waals surface area (Å²) in [4.78, 5) is 0. The van der Waals surface area contributed by atoms with Gasteiger partial charge in [0.25, 0.3) is 0 Å². The number of aryl methyl sites for hydroxylation is 4. The molecule has 4 N–H and O–H groups in total. The van der Waals surface area contributed by atoms with Crippen molar-refractivity contribution in [3.05, 3.63) is 129 Å². The molecule has 0 aliphatic rings. The average molecular weight is 715 g/mol. The monoisotopic (exact) mass is 715 g/mol. The first-order valence-corrected chi connectivity index (χ1v) is 21.9. The number of hydrogen-bond donors (Lipinski definition) is 2. The van der Waals surface area contributed by atoms with Gasteiger partial charge in [-0.2, -0.15) is 0 Å². The zero-order chi connectivity index (χ0) is 37.4. The number of nitrogens with two attached hydrogens (primary N) is 2. The second-order valence-electron chi connectivity index (χ2n) is 16.1. The van der Waals surface area contributed by atoms with Gasteiger partial charge in [0.1, 0.15) is 0 Å². The Balaban J connectivity index is 1.07. The van der Waals surface area contributed by atoms with Crippen LogP contribution in [0.1, 0.15) is 180 Å². The Morgan fingerprint density at radius 1 is 0.302 bits per heavy atom. The molecule has 0 unspecified atom stereocenters. The third kappa shape index (κ3) is 17.0.